The van der Waals surface area contributed by atoms with Gasteiger partial charge in [-0.3, -0.25) is 0 Å². The van der Waals surface area contributed by atoms with Crippen LogP contribution < -0.4 is 5.32 Å². The molecule has 14 heavy (non-hydrogen) atoms. The van der Waals surface area contributed by atoms with Gasteiger partial charge in [-0.2, -0.15) is 4.37 Å². The van der Waals surface area contributed by atoms with E-state index in [4.69, 9.17) is 0 Å². The van der Waals surface area contributed by atoms with Crippen LogP contribution in [0.3, 0.4) is 0 Å². The van der Waals surface area contributed by atoms with Crippen molar-refractivity contribution in [2.75, 3.05) is 0 Å². The minimum atomic E-state index is -1.16. The maximum atomic E-state index is 14.6. The Labute approximate surface area is 86.7 Å². The van der Waals surface area contributed by atoms with Gasteiger partial charge in [0.15, 0.2) is 5.67 Å². The molecule has 2 bridgehead atoms. The number of fused-ring (bicyclic) bond motifs is 2. The molecule has 4 heteroatoms. The molecule has 1 aromatic rings. The summed E-state index contributed by atoms with van der Waals surface area (Å²) in [5.74, 6) is 0. The van der Waals surface area contributed by atoms with Crippen molar-refractivity contribution in [3.63, 3.8) is 0 Å². The first-order chi connectivity index (χ1) is 6.76. The highest BCUT2D eigenvalue weighted by atomic mass is 32.1. The summed E-state index contributed by atoms with van der Waals surface area (Å²) in [5.41, 5.74) is -0.502. The summed E-state index contributed by atoms with van der Waals surface area (Å²) in [4.78, 5) is 0. The summed E-state index contributed by atoms with van der Waals surface area (Å²) in [6.07, 6.45) is 3.46. The van der Waals surface area contributed by atoms with Crippen LogP contribution in [-0.2, 0) is 5.67 Å². The average Bonchev–Trinajstić information content (AvgIpc) is 2.75. The Bertz CT molecular complexity index is 313. The number of hydrogen-bond donors (Lipinski definition) is 1. The predicted octanol–water partition coefficient (Wildman–Crippen LogP) is 2.22. The molecule has 2 nitrogen and oxygen atoms in total. The zero-order valence-corrected chi connectivity index (χ0v) is 8.69. The first kappa shape index (κ1) is 8.80. The second kappa shape index (κ2) is 3.00. The molecule has 2 aliphatic heterocycles. The zero-order valence-electron chi connectivity index (χ0n) is 7.87. The minimum Gasteiger partial charge on any atom is -0.311 e. The van der Waals surface area contributed by atoms with E-state index in [0.717, 1.165) is 12.8 Å². The molecular formula is C10H13FN2S. The normalized spacial score (nSPS) is 41.5. The van der Waals surface area contributed by atoms with Crippen LogP contribution in [-0.4, -0.2) is 16.5 Å². The summed E-state index contributed by atoms with van der Waals surface area (Å²) < 4.78 is 18.7. The molecule has 0 amide bonds. The SMILES string of the molecule is FC1(c2ccsn2)CC2CCC(C1)N2. The predicted molar refractivity (Wildman–Crippen MR) is 54.1 cm³/mol. The van der Waals surface area contributed by atoms with E-state index < -0.39 is 5.67 Å². The molecule has 0 saturated carbocycles. The number of halogens is 1. The van der Waals surface area contributed by atoms with Crippen LogP contribution >= 0.6 is 11.5 Å². The van der Waals surface area contributed by atoms with Gasteiger partial charge < -0.3 is 5.32 Å². The molecule has 0 aromatic carbocycles. The monoisotopic (exact) mass is 212 g/mol. The molecule has 3 rings (SSSR count). The third kappa shape index (κ3) is 1.28. The fourth-order valence-electron chi connectivity index (χ4n) is 2.74. The highest BCUT2D eigenvalue weighted by molar-refractivity contribution is 7.03. The smallest absolute Gasteiger partial charge is 0.156 e. The highest BCUT2D eigenvalue weighted by Gasteiger charge is 2.46. The van der Waals surface area contributed by atoms with Crippen molar-refractivity contribution < 1.29 is 4.39 Å². The van der Waals surface area contributed by atoms with Gasteiger partial charge in [-0.1, -0.05) is 0 Å². The van der Waals surface area contributed by atoms with Crippen LogP contribution in [0.5, 0.6) is 0 Å². The Morgan fingerprint density at radius 2 is 2.14 bits per heavy atom. The van der Waals surface area contributed by atoms with Crippen LogP contribution in [0.2, 0.25) is 0 Å². The minimum absolute atomic E-state index is 0.375. The van der Waals surface area contributed by atoms with Gasteiger partial charge in [0, 0.05) is 30.3 Å². The fourth-order valence-corrected chi connectivity index (χ4v) is 3.33. The van der Waals surface area contributed by atoms with E-state index in [1.54, 1.807) is 0 Å². The summed E-state index contributed by atoms with van der Waals surface area (Å²) in [6.45, 7) is 0. The van der Waals surface area contributed by atoms with Crippen molar-refractivity contribution in [2.24, 2.45) is 0 Å². The van der Waals surface area contributed by atoms with Gasteiger partial charge in [0.2, 0.25) is 0 Å². The number of alkyl halides is 1. The lowest BCUT2D eigenvalue weighted by molar-refractivity contribution is 0.0837. The van der Waals surface area contributed by atoms with Gasteiger partial charge in [-0.25, -0.2) is 4.39 Å². The van der Waals surface area contributed by atoms with Gasteiger partial charge in [0.25, 0.3) is 0 Å². The quantitative estimate of drug-likeness (QED) is 0.772. The Hall–Kier alpha value is -0.480. The molecule has 1 aromatic heterocycles. The van der Waals surface area contributed by atoms with E-state index in [9.17, 15) is 4.39 Å². The van der Waals surface area contributed by atoms with Crippen LogP contribution in [0, 0.1) is 0 Å². The van der Waals surface area contributed by atoms with Gasteiger partial charge >= 0.3 is 0 Å². The second-order valence-electron chi connectivity index (χ2n) is 4.40. The van der Waals surface area contributed by atoms with Crippen molar-refractivity contribution in [2.45, 2.75) is 43.4 Å². The molecule has 2 saturated heterocycles. The van der Waals surface area contributed by atoms with E-state index >= 15 is 0 Å². The lowest BCUT2D eigenvalue weighted by Crippen LogP contribution is -2.44. The number of aromatic nitrogens is 1. The van der Waals surface area contributed by atoms with Gasteiger partial charge in [0.05, 0.1) is 5.69 Å². The van der Waals surface area contributed by atoms with E-state index in [1.807, 2.05) is 11.4 Å². The summed E-state index contributed by atoms with van der Waals surface area (Å²) in [6, 6.07) is 2.58. The van der Waals surface area contributed by atoms with E-state index in [0.29, 0.717) is 30.6 Å². The van der Waals surface area contributed by atoms with Crippen molar-refractivity contribution in [3.8, 4) is 0 Å². The molecule has 0 radical (unpaired) electrons. The Morgan fingerprint density at radius 3 is 2.71 bits per heavy atom. The molecule has 2 fully saturated rings. The van der Waals surface area contributed by atoms with Gasteiger partial charge in [-0.15, -0.1) is 0 Å². The topological polar surface area (TPSA) is 24.9 Å². The summed E-state index contributed by atoms with van der Waals surface area (Å²) in [7, 11) is 0. The zero-order chi connectivity index (χ0) is 9.60. The van der Waals surface area contributed by atoms with Crippen molar-refractivity contribution >= 4 is 11.5 Å². The lowest BCUT2D eigenvalue weighted by atomic mass is 9.86. The Morgan fingerprint density at radius 1 is 1.43 bits per heavy atom. The molecule has 2 unspecified atom stereocenters. The molecule has 0 aliphatic carbocycles. The molecule has 2 aliphatic rings. The second-order valence-corrected chi connectivity index (χ2v) is 5.06. The van der Waals surface area contributed by atoms with Crippen LogP contribution in [0.25, 0.3) is 0 Å². The maximum absolute atomic E-state index is 14.6. The third-order valence-corrected chi connectivity index (χ3v) is 3.93. The van der Waals surface area contributed by atoms with Crippen molar-refractivity contribution in [3.05, 3.63) is 17.1 Å². The van der Waals surface area contributed by atoms with E-state index in [-0.39, 0.29) is 0 Å². The lowest BCUT2D eigenvalue weighted by Gasteiger charge is -2.33. The number of nitrogens with zero attached hydrogens (tertiary/aromatic N) is 1. The summed E-state index contributed by atoms with van der Waals surface area (Å²) >= 11 is 1.34. The first-order valence-corrected chi connectivity index (χ1v) is 5.96. The number of piperidine rings is 1. The first-order valence-electron chi connectivity index (χ1n) is 5.12. The molecular weight excluding hydrogens is 199 g/mol. The van der Waals surface area contributed by atoms with E-state index in [1.165, 1.54) is 11.5 Å². The third-order valence-electron chi connectivity index (χ3n) is 3.37. The standard InChI is InChI=1S/C10H13FN2S/c11-10(9-3-4-14-13-9)5-7-1-2-8(6-10)12-7/h3-4,7-8,12H,1-2,5-6H2. The molecule has 3 heterocycles. The van der Waals surface area contributed by atoms with Crippen molar-refractivity contribution in [1.82, 2.24) is 9.69 Å². The Kier molecular flexibility index (Phi) is 1.89. The largest absolute Gasteiger partial charge is 0.311 e. The van der Waals surface area contributed by atoms with Crippen LogP contribution in [0.4, 0.5) is 4.39 Å². The van der Waals surface area contributed by atoms with Crippen molar-refractivity contribution in [1.29, 1.82) is 0 Å². The maximum Gasteiger partial charge on any atom is 0.156 e. The molecule has 76 valence electrons. The van der Waals surface area contributed by atoms with Gasteiger partial charge in [-0.05, 0) is 30.4 Å². The number of rotatable bonds is 1. The van der Waals surface area contributed by atoms with Gasteiger partial charge in [0.1, 0.15) is 0 Å². The van der Waals surface area contributed by atoms with Crippen LogP contribution in [0.15, 0.2) is 11.4 Å². The van der Waals surface area contributed by atoms with E-state index in [2.05, 4.69) is 9.69 Å². The number of hydrogen-bond acceptors (Lipinski definition) is 3. The molecule has 0 spiro atoms. The average molecular weight is 212 g/mol. The fraction of sp³-hybridized carbons (Fsp3) is 0.700. The summed E-state index contributed by atoms with van der Waals surface area (Å²) in [5, 5.41) is 5.30. The highest BCUT2D eigenvalue weighted by Crippen LogP contribution is 2.43. The Balaban J connectivity index is 1.90. The number of nitrogens with one attached hydrogen (secondary N) is 1. The molecule has 2 atom stereocenters. The molecule has 1 N–H and O–H groups in total. The van der Waals surface area contributed by atoms with Crippen LogP contribution in [0.1, 0.15) is 31.4 Å².